The summed E-state index contributed by atoms with van der Waals surface area (Å²) in [7, 11) is 0. The molecule has 0 radical (unpaired) electrons. The fourth-order valence-electron chi connectivity index (χ4n) is 1.08. The van der Waals surface area contributed by atoms with Gasteiger partial charge in [0.2, 0.25) is 0 Å². The van der Waals surface area contributed by atoms with Gasteiger partial charge >= 0.3 is 5.97 Å². The molecule has 0 aliphatic heterocycles. The van der Waals surface area contributed by atoms with Gasteiger partial charge in [0.15, 0.2) is 0 Å². The molecular weight excluding hydrogens is 236 g/mol. The zero-order chi connectivity index (χ0) is 13.9. The van der Waals surface area contributed by atoms with E-state index in [0.717, 1.165) is 19.4 Å². The van der Waals surface area contributed by atoms with Crippen molar-refractivity contribution in [2.24, 2.45) is 5.41 Å². The first kappa shape index (κ1) is 17.4. The van der Waals surface area contributed by atoms with Gasteiger partial charge in [0, 0.05) is 6.61 Å². The molecule has 0 heterocycles. The molecule has 0 aromatic carbocycles. The second kappa shape index (κ2) is 10.3. The molecule has 0 amide bonds. The van der Waals surface area contributed by atoms with E-state index in [4.69, 9.17) is 19.3 Å². The average Bonchev–Trinajstić information content (AvgIpc) is 2.31. The van der Waals surface area contributed by atoms with Crippen LogP contribution in [0.5, 0.6) is 0 Å². The molecule has 0 fully saturated rings. The van der Waals surface area contributed by atoms with Gasteiger partial charge in [0.05, 0.1) is 38.4 Å². The van der Waals surface area contributed by atoms with Gasteiger partial charge in [-0.2, -0.15) is 0 Å². The van der Waals surface area contributed by atoms with Crippen molar-refractivity contribution >= 4 is 5.97 Å². The van der Waals surface area contributed by atoms with E-state index in [2.05, 4.69) is 6.92 Å². The molecule has 0 aliphatic carbocycles. The van der Waals surface area contributed by atoms with E-state index in [9.17, 15) is 4.79 Å². The summed E-state index contributed by atoms with van der Waals surface area (Å²) in [6.45, 7) is 8.39. The predicted octanol–water partition coefficient (Wildman–Crippen LogP) is 1.95. The molecule has 5 nitrogen and oxygen atoms in total. The number of carboxylic acid groups (broad SMARTS) is 1. The smallest absolute Gasteiger partial charge is 0.311 e. The Hall–Kier alpha value is -0.650. The maximum atomic E-state index is 10.8. The molecular formula is C13H26O5. The lowest BCUT2D eigenvalue weighted by atomic mass is 9.95. The van der Waals surface area contributed by atoms with Crippen LogP contribution in [0.2, 0.25) is 0 Å². The molecule has 18 heavy (non-hydrogen) atoms. The highest BCUT2D eigenvalue weighted by atomic mass is 16.5. The number of ether oxygens (including phenoxy) is 3. The minimum Gasteiger partial charge on any atom is -0.481 e. The van der Waals surface area contributed by atoms with Crippen molar-refractivity contribution < 1.29 is 24.1 Å². The summed E-state index contributed by atoms with van der Waals surface area (Å²) in [5.74, 6) is -0.854. The Balaban J connectivity index is 3.24. The van der Waals surface area contributed by atoms with Gasteiger partial charge in [-0.25, -0.2) is 0 Å². The van der Waals surface area contributed by atoms with Gasteiger partial charge in [-0.1, -0.05) is 13.3 Å². The Labute approximate surface area is 109 Å². The van der Waals surface area contributed by atoms with E-state index in [1.165, 1.54) is 0 Å². The van der Waals surface area contributed by atoms with Gasteiger partial charge in [-0.05, 0) is 20.3 Å². The van der Waals surface area contributed by atoms with Crippen LogP contribution in [0.4, 0.5) is 0 Å². The number of aliphatic carboxylic acids is 1. The van der Waals surface area contributed by atoms with Crippen LogP contribution in [0, 0.1) is 5.41 Å². The molecule has 0 unspecified atom stereocenters. The van der Waals surface area contributed by atoms with Crippen LogP contribution in [-0.4, -0.2) is 50.7 Å². The highest BCUT2D eigenvalue weighted by Crippen LogP contribution is 2.14. The largest absolute Gasteiger partial charge is 0.481 e. The molecule has 0 saturated carbocycles. The quantitative estimate of drug-likeness (QED) is 0.545. The van der Waals surface area contributed by atoms with Crippen molar-refractivity contribution in [1.82, 2.24) is 0 Å². The number of hydrogen-bond acceptors (Lipinski definition) is 4. The highest BCUT2D eigenvalue weighted by Gasteiger charge is 2.27. The zero-order valence-electron chi connectivity index (χ0n) is 11.7. The lowest BCUT2D eigenvalue weighted by Gasteiger charge is -2.18. The molecule has 0 atom stereocenters. The Kier molecular flexibility index (Phi) is 9.92. The van der Waals surface area contributed by atoms with Gasteiger partial charge in [-0.3, -0.25) is 4.79 Å². The molecule has 0 rings (SSSR count). The monoisotopic (exact) mass is 262 g/mol. The first-order valence-electron chi connectivity index (χ1n) is 6.47. The van der Waals surface area contributed by atoms with Crippen molar-refractivity contribution in [3.8, 4) is 0 Å². The summed E-state index contributed by atoms with van der Waals surface area (Å²) in [4.78, 5) is 10.8. The molecule has 5 heteroatoms. The number of hydrogen-bond donors (Lipinski definition) is 1. The van der Waals surface area contributed by atoms with Gasteiger partial charge in [-0.15, -0.1) is 0 Å². The van der Waals surface area contributed by atoms with E-state index in [1.807, 2.05) is 0 Å². The molecule has 0 aliphatic rings. The summed E-state index contributed by atoms with van der Waals surface area (Å²) in [6, 6.07) is 0. The predicted molar refractivity (Wildman–Crippen MR) is 68.8 cm³/mol. The SMILES string of the molecule is CCCCOCCOCCOCC(C)(C)C(=O)O. The minimum atomic E-state index is -0.854. The highest BCUT2D eigenvalue weighted by molar-refractivity contribution is 5.73. The zero-order valence-corrected chi connectivity index (χ0v) is 11.7. The van der Waals surface area contributed by atoms with Crippen molar-refractivity contribution in [3.05, 3.63) is 0 Å². The fraction of sp³-hybridized carbons (Fsp3) is 0.923. The summed E-state index contributed by atoms with van der Waals surface area (Å²) in [6.07, 6.45) is 2.21. The molecule has 0 saturated heterocycles. The number of rotatable bonds is 12. The van der Waals surface area contributed by atoms with Crippen molar-refractivity contribution in [3.63, 3.8) is 0 Å². The van der Waals surface area contributed by atoms with Gasteiger partial charge in [0.1, 0.15) is 0 Å². The number of unbranched alkanes of at least 4 members (excludes halogenated alkanes) is 1. The molecule has 0 aromatic heterocycles. The standard InChI is InChI=1S/C13H26O5/c1-4-5-6-16-7-8-17-9-10-18-11-13(2,3)12(14)15/h4-11H2,1-3H3,(H,14,15). The van der Waals surface area contributed by atoms with Gasteiger partial charge < -0.3 is 19.3 Å². The summed E-state index contributed by atoms with van der Waals surface area (Å²) in [5, 5.41) is 8.86. The maximum Gasteiger partial charge on any atom is 0.311 e. The van der Waals surface area contributed by atoms with Crippen LogP contribution in [0.1, 0.15) is 33.6 Å². The molecule has 108 valence electrons. The van der Waals surface area contributed by atoms with Crippen LogP contribution >= 0.6 is 0 Å². The molecule has 1 N–H and O–H groups in total. The summed E-state index contributed by atoms with van der Waals surface area (Å²) >= 11 is 0. The van der Waals surface area contributed by atoms with E-state index >= 15 is 0 Å². The average molecular weight is 262 g/mol. The Bertz CT molecular complexity index is 215. The summed E-state index contributed by atoms with van der Waals surface area (Å²) in [5.41, 5.74) is -0.844. The van der Waals surface area contributed by atoms with E-state index in [0.29, 0.717) is 26.4 Å². The van der Waals surface area contributed by atoms with Crippen LogP contribution in [0.3, 0.4) is 0 Å². The van der Waals surface area contributed by atoms with Crippen LogP contribution in [-0.2, 0) is 19.0 Å². The van der Waals surface area contributed by atoms with E-state index < -0.39 is 11.4 Å². The van der Waals surface area contributed by atoms with Gasteiger partial charge in [0.25, 0.3) is 0 Å². The normalized spacial score (nSPS) is 11.7. The topological polar surface area (TPSA) is 65.0 Å². The molecule has 0 bridgehead atoms. The fourth-order valence-corrected chi connectivity index (χ4v) is 1.08. The first-order chi connectivity index (χ1) is 8.50. The number of carbonyl (C=O) groups is 1. The lowest BCUT2D eigenvalue weighted by Crippen LogP contribution is -2.29. The van der Waals surface area contributed by atoms with Crippen LogP contribution < -0.4 is 0 Å². The third kappa shape index (κ3) is 9.39. The van der Waals surface area contributed by atoms with E-state index in [-0.39, 0.29) is 6.61 Å². The first-order valence-corrected chi connectivity index (χ1v) is 6.47. The van der Waals surface area contributed by atoms with Crippen molar-refractivity contribution in [1.29, 1.82) is 0 Å². The lowest BCUT2D eigenvalue weighted by molar-refractivity contribution is -0.150. The third-order valence-corrected chi connectivity index (χ3v) is 2.43. The maximum absolute atomic E-state index is 10.8. The van der Waals surface area contributed by atoms with Crippen molar-refractivity contribution in [2.75, 3.05) is 39.6 Å². The third-order valence-electron chi connectivity index (χ3n) is 2.43. The summed E-state index contributed by atoms with van der Waals surface area (Å²) < 4.78 is 15.9. The van der Waals surface area contributed by atoms with Crippen LogP contribution in [0.15, 0.2) is 0 Å². The van der Waals surface area contributed by atoms with Crippen molar-refractivity contribution in [2.45, 2.75) is 33.6 Å². The van der Waals surface area contributed by atoms with Crippen LogP contribution in [0.25, 0.3) is 0 Å². The van der Waals surface area contributed by atoms with E-state index in [1.54, 1.807) is 13.8 Å². The Morgan fingerprint density at radius 2 is 1.50 bits per heavy atom. The second-order valence-electron chi connectivity index (χ2n) is 4.82. The number of carboxylic acids is 1. The molecule has 0 spiro atoms. The Morgan fingerprint density at radius 3 is 2.00 bits per heavy atom. The molecule has 0 aromatic rings. The second-order valence-corrected chi connectivity index (χ2v) is 4.82. The Morgan fingerprint density at radius 1 is 1.00 bits per heavy atom. The minimum absolute atomic E-state index is 0.193.